The fourth-order valence-electron chi connectivity index (χ4n) is 3.49. The van der Waals surface area contributed by atoms with Crippen molar-refractivity contribution in [3.8, 4) is 11.5 Å². The molecule has 6 heteroatoms. The lowest BCUT2D eigenvalue weighted by molar-refractivity contribution is -0.133. The van der Waals surface area contributed by atoms with Gasteiger partial charge in [0, 0.05) is 18.7 Å². The summed E-state index contributed by atoms with van der Waals surface area (Å²) < 4.78 is 10.7. The Balaban J connectivity index is 1.49. The number of carbonyl (C=O) groups excluding carboxylic acids is 2. The van der Waals surface area contributed by atoms with Crippen LogP contribution in [0.25, 0.3) is 0 Å². The number of anilines is 1. The molecule has 2 aromatic carbocycles. The molecule has 0 spiro atoms. The van der Waals surface area contributed by atoms with Crippen LogP contribution in [0.2, 0.25) is 0 Å². The Morgan fingerprint density at radius 3 is 2.74 bits per heavy atom. The van der Waals surface area contributed by atoms with Crippen LogP contribution in [0.4, 0.5) is 5.69 Å². The number of hydrogen-bond acceptors (Lipinski definition) is 4. The van der Waals surface area contributed by atoms with Gasteiger partial charge < -0.3 is 19.7 Å². The Morgan fingerprint density at radius 2 is 1.93 bits per heavy atom. The number of ether oxygens (including phenoxy) is 2. The standard InChI is InChI=1S/C21H22N2O4/c1-13-3-5-16(9-14(13)2)22-21(25)17-6-8-20(24)23(17)11-15-4-7-18-19(10-15)27-12-26-18/h3-5,7,9-10,17H,6,8,11-12H2,1-2H3,(H,22,25). The molecular weight excluding hydrogens is 344 g/mol. The second-order valence-electron chi connectivity index (χ2n) is 7.05. The van der Waals surface area contributed by atoms with Crippen LogP contribution < -0.4 is 14.8 Å². The molecule has 1 N–H and O–H groups in total. The lowest BCUT2D eigenvalue weighted by atomic mass is 10.1. The van der Waals surface area contributed by atoms with Crippen molar-refractivity contribution in [2.24, 2.45) is 0 Å². The smallest absolute Gasteiger partial charge is 0.247 e. The number of likely N-dealkylation sites (tertiary alicyclic amines) is 1. The first-order chi connectivity index (χ1) is 13.0. The van der Waals surface area contributed by atoms with Gasteiger partial charge in [-0.3, -0.25) is 9.59 Å². The average molecular weight is 366 g/mol. The molecule has 0 radical (unpaired) electrons. The maximum absolute atomic E-state index is 12.8. The molecule has 2 aromatic rings. The molecule has 2 aliphatic heterocycles. The van der Waals surface area contributed by atoms with Gasteiger partial charge in [-0.1, -0.05) is 12.1 Å². The van der Waals surface area contributed by atoms with E-state index in [0.717, 1.165) is 16.8 Å². The van der Waals surface area contributed by atoms with E-state index in [1.54, 1.807) is 4.90 Å². The van der Waals surface area contributed by atoms with Gasteiger partial charge in [0.1, 0.15) is 6.04 Å². The summed E-state index contributed by atoms with van der Waals surface area (Å²) in [6.07, 6.45) is 0.912. The van der Waals surface area contributed by atoms with Gasteiger partial charge in [0.2, 0.25) is 18.6 Å². The highest BCUT2D eigenvalue weighted by atomic mass is 16.7. The molecule has 2 aliphatic rings. The number of benzene rings is 2. The van der Waals surface area contributed by atoms with E-state index in [-0.39, 0.29) is 18.6 Å². The molecule has 0 saturated carbocycles. The summed E-state index contributed by atoms with van der Waals surface area (Å²) in [5.74, 6) is 1.23. The lowest BCUT2D eigenvalue weighted by Gasteiger charge is -2.24. The Bertz CT molecular complexity index is 909. The number of fused-ring (bicyclic) bond motifs is 1. The van der Waals surface area contributed by atoms with Crippen molar-refractivity contribution >= 4 is 17.5 Å². The van der Waals surface area contributed by atoms with Crippen molar-refractivity contribution < 1.29 is 19.1 Å². The minimum atomic E-state index is -0.468. The molecule has 6 nitrogen and oxygen atoms in total. The number of amides is 2. The van der Waals surface area contributed by atoms with Crippen LogP contribution >= 0.6 is 0 Å². The van der Waals surface area contributed by atoms with E-state index in [1.165, 1.54) is 5.56 Å². The molecule has 0 aliphatic carbocycles. The second kappa shape index (κ2) is 6.95. The summed E-state index contributed by atoms with van der Waals surface area (Å²) in [6.45, 7) is 4.63. The summed E-state index contributed by atoms with van der Waals surface area (Å²) in [5.41, 5.74) is 3.96. The highest BCUT2D eigenvalue weighted by Gasteiger charge is 2.36. The quantitative estimate of drug-likeness (QED) is 0.903. The Labute approximate surface area is 158 Å². The zero-order valence-electron chi connectivity index (χ0n) is 15.5. The van der Waals surface area contributed by atoms with Crippen molar-refractivity contribution in [3.05, 3.63) is 53.1 Å². The summed E-state index contributed by atoms with van der Waals surface area (Å²) in [7, 11) is 0. The van der Waals surface area contributed by atoms with Gasteiger partial charge in [-0.05, 0) is 61.2 Å². The molecule has 0 bridgehead atoms. The molecule has 4 rings (SSSR count). The Kier molecular flexibility index (Phi) is 4.48. The number of aryl methyl sites for hydroxylation is 2. The minimum Gasteiger partial charge on any atom is -0.454 e. The number of hydrogen-bond donors (Lipinski definition) is 1. The zero-order chi connectivity index (χ0) is 19.0. The fraction of sp³-hybridized carbons (Fsp3) is 0.333. The molecule has 0 aromatic heterocycles. The van der Waals surface area contributed by atoms with Crippen LogP contribution in [0.1, 0.15) is 29.5 Å². The highest BCUT2D eigenvalue weighted by Crippen LogP contribution is 2.33. The molecule has 1 unspecified atom stereocenters. The SMILES string of the molecule is Cc1ccc(NC(=O)C2CCC(=O)N2Cc2ccc3c(c2)OCO3)cc1C. The average Bonchev–Trinajstić information content (AvgIpc) is 3.25. The van der Waals surface area contributed by atoms with Crippen LogP contribution in [-0.2, 0) is 16.1 Å². The van der Waals surface area contributed by atoms with Gasteiger partial charge >= 0.3 is 0 Å². The number of rotatable bonds is 4. The summed E-state index contributed by atoms with van der Waals surface area (Å²) >= 11 is 0. The summed E-state index contributed by atoms with van der Waals surface area (Å²) in [5, 5.41) is 2.95. The molecule has 2 amide bonds. The minimum absolute atomic E-state index is 0.00657. The molecule has 2 heterocycles. The van der Waals surface area contributed by atoms with E-state index in [0.29, 0.717) is 30.9 Å². The van der Waals surface area contributed by atoms with E-state index in [9.17, 15) is 9.59 Å². The molecule has 1 fully saturated rings. The van der Waals surface area contributed by atoms with Crippen LogP contribution in [0.5, 0.6) is 11.5 Å². The monoisotopic (exact) mass is 366 g/mol. The normalized spacial score (nSPS) is 18.1. The molecule has 1 atom stereocenters. The van der Waals surface area contributed by atoms with E-state index in [1.807, 2.05) is 50.2 Å². The van der Waals surface area contributed by atoms with Gasteiger partial charge in [0.25, 0.3) is 0 Å². The third-order valence-electron chi connectivity index (χ3n) is 5.20. The number of nitrogens with one attached hydrogen (secondary N) is 1. The first-order valence-electron chi connectivity index (χ1n) is 9.07. The molecular formula is C21H22N2O4. The van der Waals surface area contributed by atoms with Gasteiger partial charge in [-0.25, -0.2) is 0 Å². The maximum atomic E-state index is 12.8. The van der Waals surface area contributed by atoms with Gasteiger partial charge in [-0.15, -0.1) is 0 Å². The zero-order valence-corrected chi connectivity index (χ0v) is 15.5. The van der Waals surface area contributed by atoms with Gasteiger partial charge in [-0.2, -0.15) is 0 Å². The van der Waals surface area contributed by atoms with Crippen molar-refractivity contribution in [3.63, 3.8) is 0 Å². The van der Waals surface area contributed by atoms with E-state index < -0.39 is 6.04 Å². The first kappa shape index (κ1) is 17.4. The predicted molar refractivity (Wildman–Crippen MR) is 101 cm³/mol. The van der Waals surface area contributed by atoms with Gasteiger partial charge in [0.05, 0.1) is 0 Å². The third kappa shape index (κ3) is 3.47. The van der Waals surface area contributed by atoms with Crippen molar-refractivity contribution in [1.82, 2.24) is 4.90 Å². The van der Waals surface area contributed by atoms with Gasteiger partial charge in [0.15, 0.2) is 11.5 Å². The Morgan fingerprint density at radius 1 is 1.11 bits per heavy atom. The van der Waals surface area contributed by atoms with E-state index >= 15 is 0 Å². The molecule has 27 heavy (non-hydrogen) atoms. The number of carbonyl (C=O) groups is 2. The summed E-state index contributed by atoms with van der Waals surface area (Å²) in [4.78, 5) is 26.8. The molecule has 140 valence electrons. The largest absolute Gasteiger partial charge is 0.454 e. The van der Waals surface area contributed by atoms with Crippen LogP contribution in [0.15, 0.2) is 36.4 Å². The van der Waals surface area contributed by atoms with Crippen LogP contribution in [0, 0.1) is 13.8 Å². The predicted octanol–water partition coefficient (Wildman–Crippen LogP) is 3.16. The Hall–Kier alpha value is -3.02. The van der Waals surface area contributed by atoms with Crippen molar-refractivity contribution in [2.45, 2.75) is 39.3 Å². The van der Waals surface area contributed by atoms with Crippen molar-refractivity contribution in [1.29, 1.82) is 0 Å². The topological polar surface area (TPSA) is 67.9 Å². The fourth-order valence-corrected chi connectivity index (χ4v) is 3.49. The number of nitrogens with zero attached hydrogens (tertiary/aromatic N) is 1. The lowest BCUT2D eigenvalue weighted by Crippen LogP contribution is -2.41. The third-order valence-corrected chi connectivity index (χ3v) is 5.20. The van der Waals surface area contributed by atoms with E-state index in [2.05, 4.69) is 5.32 Å². The summed E-state index contributed by atoms with van der Waals surface area (Å²) in [6, 6.07) is 11.0. The first-order valence-corrected chi connectivity index (χ1v) is 9.07. The maximum Gasteiger partial charge on any atom is 0.247 e. The van der Waals surface area contributed by atoms with Crippen molar-refractivity contribution in [2.75, 3.05) is 12.1 Å². The molecule has 1 saturated heterocycles. The second-order valence-corrected chi connectivity index (χ2v) is 7.05. The van der Waals surface area contributed by atoms with Crippen LogP contribution in [0.3, 0.4) is 0 Å². The van der Waals surface area contributed by atoms with Crippen LogP contribution in [-0.4, -0.2) is 29.5 Å². The van der Waals surface area contributed by atoms with E-state index in [4.69, 9.17) is 9.47 Å². The highest BCUT2D eigenvalue weighted by molar-refractivity contribution is 5.99.